The van der Waals surface area contributed by atoms with Crippen molar-refractivity contribution in [2.45, 2.75) is 23.8 Å². The zero-order valence-corrected chi connectivity index (χ0v) is 11.9. The lowest BCUT2D eigenvalue weighted by molar-refractivity contribution is -0.126. The number of amides is 1. The number of nitrogens with zero attached hydrogens (tertiary/aromatic N) is 1. The highest BCUT2D eigenvalue weighted by molar-refractivity contribution is 8.00. The zero-order chi connectivity index (χ0) is 13.1. The van der Waals surface area contributed by atoms with Gasteiger partial charge in [-0.15, -0.1) is 11.8 Å². The largest absolute Gasteiger partial charge is 0.496 e. The summed E-state index contributed by atoms with van der Waals surface area (Å²) >= 11 is 1.73. The summed E-state index contributed by atoms with van der Waals surface area (Å²) in [4.78, 5) is 13.7. The number of thioether (sulfide) groups is 1. The molecule has 2 atom stereocenters. The van der Waals surface area contributed by atoms with Gasteiger partial charge in [-0.2, -0.15) is 0 Å². The van der Waals surface area contributed by atoms with Gasteiger partial charge in [0.05, 0.1) is 12.4 Å². The fourth-order valence-corrected chi connectivity index (χ4v) is 3.61. The van der Waals surface area contributed by atoms with Crippen LogP contribution in [0.25, 0.3) is 0 Å². The van der Waals surface area contributed by atoms with Crippen LogP contribution in [0.4, 0.5) is 0 Å². The van der Waals surface area contributed by atoms with Crippen LogP contribution in [0.3, 0.4) is 0 Å². The SMILES string of the molecule is COc1ccccc1[C@@H](C)S[C@H]1CCN(C)C1=O. The number of rotatable bonds is 4. The van der Waals surface area contributed by atoms with E-state index in [1.165, 1.54) is 0 Å². The van der Waals surface area contributed by atoms with Crippen LogP contribution in [-0.2, 0) is 4.79 Å². The number of para-hydroxylation sites is 1. The summed E-state index contributed by atoms with van der Waals surface area (Å²) in [5.41, 5.74) is 1.16. The Bertz CT molecular complexity index is 436. The highest BCUT2D eigenvalue weighted by Crippen LogP contribution is 2.39. The van der Waals surface area contributed by atoms with E-state index in [4.69, 9.17) is 4.74 Å². The molecule has 2 rings (SSSR count). The minimum absolute atomic E-state index is 0.0925. The summed E-state index contributed by atoms with van der Waals surface area (Å²) in [5.74, 6) is 1.15. The molecule has 0 aliphatic carbocycles. The van der Waals surface area contributed by atoms with Gasteiger partial charge in [-0.3, -0.25) is 4.79 Å². The smallest absolute Gasteiger partial charge is 0.235 e. The molecule has 0 spiro atoms. The first kappa shape index (κ1) is 13.3. The Morgan fingerprint density at radius 1 is 1.44 bits per heavy atom. The summed E-state index contributed by atoms with van der Waals surface area (Å²) in [6.45, 7) is 3.00. The maximum Gasteiger partial charge on any atom is 0.235 e. The van der Waals surface area contributed by atoms with Crippen LogP contribution < -0.4 is 4.74 Å². The molecule has 0 unspecified atom stereocenters. The molecular weight excluding hydrogens is 246 g/mol. The first-order valence-corrected chi connectivity index (χ1v) is 7.11. The molecule has 98 valence electrons. The molecule has 1 aromatic carbocycles. The van der Waals surface area contributed by atoms with Gasteiger partial charge in [0, 0.05) is 24.4 Å². The molecule has 4 heteroatoms. The molecular formula is C14H19NO2S. The molecule has 0 bridgehead atoms. The van der Waals surface area contributed by atoms with Crippen LogP contribution in [-0.4, -0.2) is 36.8 Å². The van der Waals surface area contributed by atoms with Gasteiger partial charge in [0.2, 0.25) is 5.91 Å². The van der Waals surface area contributed by atoms with Gasteiger partial charge in [-0.05, 0) is 19.4 Å². The number of ether oxygens (including phenoxy) is 1. The normalized spacial score (nSPS) is 21.2. The molecule has 1 aliphatic heterocycles. The van der Waals surface area contributed by atoms with Gasteiger partial charge in [-0.1, -0.05) is 18.2 Å². The monoisotopic (exact) mass is 265 g/mol. The van der Waals surface area contributed by atoms with Gasteiger partial charge in [0.1, 0.15) is 5.75 Å². The van der Waals surface area contributed by atoms with Crippen molar-refractivity contribution in [1.29, 1.82) is 0 Å². The van der Waals surface area contributed by atoms with Crippen LogP contribution in [0.2, 0.25) is 0 Å². The average Bonchev–Trinajstić information content (AvgIpc) is 2.70. The van der Waals surface area contributed by atoms with Crippen molar-refractivity contribution in [2.24, 2.45) is 0 Å². The van der Waals surface area contributed by atoms with E-state index >= 15 is 0 Å². The predicted molar refractivity (Wildman–Crippen MR) is 75.0 cm³/mol. The molecule has 18 heavy (non-hydrogen) atoms. The van der Waals surface area contributed by atoms with Crippen molar-refractivity contribution < 1.29 is 9.53 Å². The van der Waals surface area contributed by atoms with Crippen molar-refractivity contribution in [3.05, 3.63) is 29.8 Å². The van der Waals surface area contributed by atoms with Crippen LogP contribution in [0.1, 0.15) is 24.2 Å². The third-order valence-electron chi connectivity index (χ3n) is 3.32. The molecule has 1 aromatic rings. The summed E-state index contributed by atoms with van der Waals surface area (Å²) in [6, 6.07) is 8.01. The Morgan fingerprint density at radius 2 is 2.17 bits per heavy atom. The average molecular weight is 265 g/mol. The van der Waals surface area contributed by atoms with Gasteiger partial charge in [-0.25, -0.2) is 0 Å². The second-order valence-corrected chi connectivity index (χ2v) is 6.11. The molecule has 0 saturated carbocycles. The van der Waals surface area contributed by atoms with Gasteiger partial charge in [0.15, 0.2) is 0 Å². The van der Waals surface area contributed by atoms with E-state index in [-0.39, 0.29) is 16.4 Å². The minimum atomic E-state index is 0.0925. The number of benzene rings is 1. The quantitative estimate of drug-likeness (QED) is 0.838. The number of hydrogen-bond donors (Lipinski definition) is 0. The summed E-state index contributed by atoms with van der Waals surface area (Å²) in [6.07, 6.45) is 0.944. The fourth-order valence-electron chi connectivity index (χ4n) is 2.24. The number of likely N-dealkylation sites (tertiary alicyclic amines) is 1. The van der Waals surface area contributed by atoms with Crippen molar-refractivity contribution in [1.82, 2.24) is 4.90 Å². The molecule has 3 nitrogen and oxygen atoms in total. The highest BCUT2D eigenvalue weighted by Gasteiger charge is 2.31. The number of carbonyl (C=O) groups excluding carboxylic acids is 1. The molecule has 1 saturated heterocycles. The molecule has 1 heterocycles. The lowest BCUT2D eigenvalue weighted by atomic mass is 10.1. The van der Waals surface area contributed by atoms with Crippen LogP contribution in [0.5, 0.6) is 5.75 Å². The number of carbonyl (C=O) groups is 1. The molecule has 1 fully saturated rings. The second kappa shape index (κ2) is 5.65. The van der Waals surface area contributed by atoms with E-state index < -0.39 is 0 Å². The van der Waals surface area contributed by atoms with Crippen molar-refractivity contribution in [3.63, 3.8) is 0 Å². The molecule has 0 aromatic heterocycles. The lowest BCUT2D eigenvalue weighted by Gasteiger charge is -2.18. The van der Waals surface area contributed by atoms with Gasteiger partial charge >= 0.3 is 0 Å². The maximum atomic E-state index is 11.9. The minimum Gasteiger partial charge on any atom is -0.496 e. The van der Waals surface area contributed by atoms with Gasteiger partial charge in [0.25, 0.3) is 0 Å². The van der Waals surface area contributed by atoms with E-state index in [0.717, 1.165) is 24.3 Å². The van der Waals surface area contributed by atoms with Crippen molar-refractivity contribution >= 4 is 17.7 Å². The Balaban J connectivity index is 2.08. The Hall–Kier alpha value is -1.16. The first-order chi connectivity index (χ1) is 8.63. The predicted octanol–water partition coefficient (Wildman–Crippen LogP) is 2.72. The van der Waals surface area contributed by atoms with Crippen LogP contribution >= 0.6 is 11.8 Å². The Morgan fingerprint density at radius 3 is 2.78 bits per heavy atom. The third-order valence-corrected chi connectivity index (χ3v) is 4.75. The highest BCUT2D eigenvalue weighted by atomic mass is 32.2. The second-order valence-electron chi connectivity index (χ2n) is 4.56. The van der Waals surface area contributed by atoms with Crippen LogP contribution in [0, 0.1) is 0 Å². The Kier molecular flexibility index (Phi) is 4.17. The van der Waals surface area contributed by atoms with Crippen LogP contribution in [0.15, 0.2) is 24.3 Å². The van der Waals surface area contributed by atoms with Gasteiger partial charge < -0.3 is 9.64 Å². The number of hydrogen-bond acceptors (Lipinski definition) is 3. The fraction of sp³-hybridized carbons (Fsp3) is 0.500. The molecule has 0 N–H and O–H groups in total. The first-order valence-electron chi connectivity index (χ1n) is 6.17. The molecule has 1 amide bonds. The van der Waals surface area contributed by atoms with E-state index in [0.29, 0.717) is 0 Å². The summed E-state index contributed by atoms with van der Waals surface area (Å²) in [5, 5.41) is 0.358. The zero-order valence-electron chi connectivity index (χ0n) is 11.1. The van der Waals surface area contributed by atoms with E-state index in [1.807, 2.05) is 30.1 Å². The standard InChI is InChI=1S/C14H19NO2S/c1-10(11-6-4-5-7-12(11)17-3)18-13-8-9-15(2)14(13)16/h4-7,10,13H,8-9H2,1-3H3/t10-,13+/m1/s1. The third kappa shape index (κ3) is 2.64. The topological polar surface area (TPSA) is 29.5 Å². The van der Waals surface area contributed by atoms with E-state index in [1.54, 1.807) is 18.9 Å². The Labute approximate surface area is 113 Å². The maximum absolute atomic E-state index is 11.9. The summed E-state index contributed by atoms with van der Waals surface area (Å²) < 4.78 is 5.37. The molecule has 0 radical (unpaired) electrons. The van der Waals surface area contributed by atoms with Crippen molar-refractivity contribution in [3.8, 4) is 5.75 Å². The summed E-state index contributed by atoms with van der Waals surface area (Å²) in [7, 11) is 3.56. The van der Waals surface area contributed by atoms with E-state index in [2.05, 4.69) is 13.0 Å². The molecule has 1 aliphatic rings. The van der Waals surface area contributed by atoms with Crippen molar-refractivity contribution in [2.75, 3.05) is 20.7 Å². The lowest BCUT2D eigenvalue weighted by Crippen LogP contribution is -2.24. The number of methoxy groups -OCH3 is 1. The van der Waals surface area contributed by atoms with E-state index in [9.17, 15) is 4.79 Å².